The molecule has 9 heavy (non-hydrogen) atoms. The number of rotatable bonds is 0. The molecule has 0 fully saturated rings. The molecule has 1 heteroatoms. The van der Waals surface area contributed by atoms with Crippen LogP contribution in [0.5, 0.6) is 0 Å². The van der Waals surface area contributed by atoms with Crippen molar-refractivity contribution in [2.45, 2.75) is 26.7 Å². The summed E-state index contributed by atoms with van der Waals surface area (Å²) in [6, 6.07) is 0. The third kappa shape index (κ3) is 1.41. The minimum Gasteiger partial charge on any atom is -0.212 e. The van der Waals surface area contributed by atoms with E-state index in [1.54, 1.807) is 0 Å². The second kappa shape index (κ2) is 2.34. The van der Waals surface area contributed by atoms with E-state index in [1.165, 1.54) is 5.57 Å². The van der Waals surface area contributed by atoms with E-state index >= 15 is 0 Å². The Kier molecular flexibility index (Phi) is 1.70. The van der Waals surface area contributed by atoms with E-state index < -0.39 is 0 Å². The maximum Gasteiger partial charge on any atom is 0.103 e. The highest BCUT2D eigenvalue weighted by Gasteiger charge is 2.05. The molecular formula is C8H11F. The first kappa shape index (κ1) is 6.53. The molecule has 0 aromatic rings. The van der Waals surface area contributed by atoms with E-state index in [9.17, 15) is 4.39 Å². The maximum atomic E-state index is 12.6. The van der Waals surface area contributed by atoms with Crippen molar-refractivity contribution >= 4 is 0 Å². The molecule has 0 amide bonds. The van der Waals surface area contributed by atoms with Gasteiger partial charge in [0.1, 0.15) is 5.83 Å². The highest BCUT2D eigenvalue weighted by atomic mass is 19.1. The fourth-order valence-electron chi connectivity index (χ4n) is 1.02. The Balaban J connectivity index is 2.83. The van der Waals surface area contributed by atoms with E-state index in [-0.39, 0.29) is 5.83 Å². The zero-order valence-corrected chi connectivity index (χ0v) is 5.87. The molecule has 0 heterocycles. The zero-order valence-electron chi connectivity index (χ0n) is 5.87. The summed E-state index contributed by atoms with van der Waals surface area (Å²) in [7, 11) is 0. The molecule has 1 aliphatic rings. The minimum atomic E-state index is 0.0561. The Morgan fingerprint density at radius 3 is 2.44 bits per heavy atom. The molecule has 0 saturated carbocycles. The monoisotopic (exact) mass is 126 g/mol. The van der Waals surface area contributed by atoms with Crippen LogP contribution in [0.2, 0.25) is 0 Å². The summed E-state index contributed by atoms with van der Waals surface area (Å²) in [6.07, 6.45) is 3.41. The highest BCUT2D eigenvalue weighted by Crippen LogP contribution is 2.23. The van der Waals surface area contributed by atoms with Crippen molar-refractivity contribution in [3.63, 3.8) is 0 Å². The molecule has 1 aliphatic carbocycles. The van der Waals surface area contributed by atoms with Crippen LogP contribution >= 0.6 is 0 Å². The molecule has 0 aliphatic heterocycles. The lowest BCUT2D eigenvalue weighted by atomic mass is 10.0. The summed E-state index contributed by atoms with van der Waals surface area (Å²) < 4.78 is 12.6. The van der Waals surface area contributed by atoms with Crippen molar-refractivity contribution in [1.82, 2.24) is 0 Å². The Morgan fingerprint density at radius 2 is 2.00 bits per heavy atom. The standard InChI is InChI=1S/C8H11F/c1-6-3-4-8(9)7(2)5-6/h5H,3-4H2,1-2H3. The van der Waals surface area contributed by atoms with Gasteiger partial charge in [0.25, 0.3) is 0 Å². The average Bonchev–Trinajstić information content (AvgIpc) is 1.80. The van der Waals surface area contributed by atoms with Gasteiger partial charge >= 0.3 is 0 Å². The number of hydrogen-bond acceptors (Lipinski definition) is 0. The maximum absolute atomic E-state index is 12.6. The lowest BCUT2D eigenvalue weighted by Crippen LogP contribution is -1.90. The molecule has 50 valence electrons. The van der Waals surface area contributed by atoms with Crippen LogP contribution in [0, 0.1) is 0 Å². The van der Waals surface area contributed by atoms with E-state index in [0.717, 1.165) is 12.0 Å². The average molecular weight is 126 g/mol. The summed E-state index contributed by atoms with van der Waals surface area (Å²) in [5.74, 6) is 0.0561. The second-order valence-corrected chi connectivity index (χ2v) is 2.58. The Labute approximate surface area is 55.1 Å². The van der Waals surface area contributed by atoms with E-state index in [4.69, 9.17) is 0 Å². The summed E-state index contributed by atoms with van der Waals surface area (Å²) in [6.45, 7) is 3.86. The summed E-state index contributed by atoms with van der Waals surface area (Å²) in [5, 5.41) is 0. The van der Waals surface area contributed by atoms with Crippen molar-refractivity contribution < 1.29 is 4.39 Å². The molecule has 0 aromatic carbocycles. The van der Waals surface area contributed by atoms with Crippen molar-refractivity contribution in [1.29, 1.82) is 0 Å². The predicted molar refractivity (Wildman–Crippen MR) is 36.8 cm³/mol. The molecule has 0 nitrogen and oxygen atoms in total. The van der Waals surface area contributed by atoms with Gasteiger partial charge < -0.3 is 0 Å². The van der Waals surface area contributed by atoms with Crippen LogP contribution in [-0.2, 0) is 0 Å². The van der Waals surface area contributed by atoms with Gasteiger partial charge in [0.15, 0.2) is 0 Å². The van der Waals surface area contributed by atoms with Crippen LogP contribution in [0.15, 0.2) is 23.0 Å². The Hall–Kier alpha value is -0.590. The molecular weight excluding hydrogens is 115 g/mol. The van der Waals surface area contributed by atoms with Crippen LogP contribution in [0.1, 0.15) is 26.7 Å². The largest absolute Gasteiger partial charge is 0.212 e. The topological polar surface area (TPSA) is 0 Å². The Bertz CT molecular complexity index is 175. The van der Waals surface area contributed by atoms with E-state index in [1.807, 2.05) is 19.9 Å². The van der Waals surface area contributed by atoms with Crippen molar-refractivity contribution in [2.75, 3.05) is 0 Å². The quantitative estimate of drug-likeness (QED) is 0.468. The first-order chi connectivity index (χ1) is 4.20. The van der Waals surface area contributed by atoms with Crippen LogP contribution in [-0.4, -0.2) is 0 Å². The van der Waals surface area contributed by atoms with E-state index in [0.29, 0.717) is 6.42 Å². The first-order valence-electron chi connectivity index (χ1n) is 3.22. The van der Waals surface area contributed by atoms with Crippen LogP contribution in [0.25, 0.3) is 0 Å². The molecule has 0 N–H and O–H groups in total. The molecule has 1 rings (SSSR count). The second-order valence-electron chi connectivity index (χ2n) is 2.58. The molecule has 0 saturated heterocycles. The normalized spacial score (nSPS) is 20.1. The minimum absolute atomic E-state index is 0.0561. The van der Waals surface area contributed by atoms with Gasteiger partial charge in [0.05, 0.1) is 0 Å². The summed E-state index contributed by atoms with van der Waals surface area (Å²) in [5.41, 5.74) is 2.09. The lowest BCUT2D eigenvalue weighted by Gasteiger charge is -2.08. The number of allylic oxidation sites excluding steroid dienone is 4. The van der Waals surface area contributed by atoms with Gasteiger partial charge in [-0.3, -0.25) is 0 Å². The van der Waals surface area contributed by atoms with Gasteiger partial charge in [-0.05, 0) is 25.8 Å². The molecule has 0 bridgehead atoms. The fourth-order valence-corrected chi connectivity index (χ4v) is 1.02. The predicted octanol–water partition coefficient (Wildman–Crippen LogP) is 2.97. The van der Waals surface area contributed by atoms with Crippen LogP contribution in [0.4, 0.5) is 4.39 Å². The SMILES string of the molecule is CC1=CC(C)=C(F)CC1. The third-order valence-corrected chi connectivity index (χ3v) is 1.63. The fraction of sp³-hybridized carbons (Fsp3) is 0.500. The highest BCUT2D eigenvalue weighted by molar-refractivity contribution is 5.27. The van der Waals surface area contributed by atoms with Gasteiger partial charge in [-0.25, -0.2) is 4.39 Å². The van der Waals surface area contributed by atoms with Crippen molar-refractivity contribution in [3.8, 4) is 0 Å². The van der Waals surface area contributed by atoms with Crippen molar-refractivity contribution in [2.24, 2.45) is 0 Å². The number of hydrogen-bond donors (Lipinski definition) is 0. The van der Waals surface area contributed by atoms with Gasteiger partial charge in [0.2, 0.25) is 0 Å². The smallest absolute Gasteiger partial charge is 0.103 e. The van der Waals surface area contributed by atoms with Gasteiger partial charge in [-0.2, -0.15) is 0 Å². The molecule has 0 unspecified atom stereocenters. The van der Waals surface area contributed by atoms with Crippen LogP contribution in [0.3, 0.4) is 0 Å². The van der Waals surface area contributed by atoms with Gasteiger partial charge in [-0.15, -0.1) is 0 Å². The molecule has 0 radical (unpaired) electrons. The third-order valence-electron chi connectivity index (χ3n) is 1.63. The zero-order chi connectivity index (χ0) is 6.85. The summed E-state index contributed by atoms with van der Waals surface area (Å²) in [4.78, 5) is 0. The molecule has 0 spiro atoms. The number of halogens is 1. The Morgan fingerprint density at radius 1 is 1.33 bits per heavy atom. The molecule has 0 aromatic heterocycles. The first-order valence-corrected chi connectivity index (χ1v) is 3.22. The summed E-state index contributed by atoms with van der Waals surface area (Å²) >= 11 is 0. The lowest BCUT2D eigenvalue weighted by molar-refractivity contribution is 0.572. The molecule has 0 atom stereocenters. The van der Waals surface area contributed by atoms with E-state index in [2.05, 4.69) is 0 Å². The van der Waals surface area contributed by atoms with Crippen molar-refractivity contribution in [3.05, 3.63) is 23.0 Å². The van der Waals surface area contributed by atoms with Crippen LogP contribution < -0.4 is 0 Å². The van der Waals surface area contributed by atoms with Gasteiger partial charge in [-0.1, -0.05) is 11.6 Å². The van der Waals surface area contributed by atoms with Gasteiger partial charge in [0, 0.05) is 6.42 Å².